The maximum absolute atomic E-state index is 10.9. The summed E-state index contributed by atoms with van der Waals surface area (Å²) in [6.07, 6.45) is 3.17. The van der Waals surface area contributed by atoms with Crippen molar-refractivity contribution in [1.29, 1.82) is 0 Å². The Balaban J connectivity index is 1.64. The minimum atomic E-state index is -1.07. The number of nitrogens with zero attached hydrogens (tertiary/aromatic N) is 4. The maximum atomic E-state index is 10.9. The van der Waals surface area contributed by atoms with Crippen molar-refractivity contribution in [3.05, 3.63) is 65.6 Å². The van der Waals surface area contributed by atoms with Crippen LogP contribution >= 0.6 is 0 Å². The van der Waals surface area contributed by atoms with Gasteiger partial charge in [-0.15, -0.1) is 0 Å². The van der Waals surface area contributed by atoms with Gasteiger partial charge >= 0.3 is 0 Å². The average molecular weight is 396 g/mol. The van der Waals surface area contributed by atoms with Crippen LogP contribution < -0.4 is 10.6 Å². The number of benzene rings is 1. The van der Waals surface area contributed by atoms with Gasteiger partial charge in [-0.2, -0.15) is 5.10 Å². The number of aryl methyl sites for hydroxylation is 2. The summed E-state index contributed by atoms with van der Waals surface area (Å²) in [4.78, 5) is 8.58. The van der Waals surface area contributed by atoms with Crippen molar-refractivity contribution in [3.8, 4) is 5.69 Å². The molecule has 1 atom stereocenters. The first kappa shape index (κ1) is 20.6. The van der Waals surface area contributed by atoms with Gasteiger partial charge in [-0.3, -0.25) is 0 Å². The summed E-state index contributed by atoms with van der Waals surface area (Å²) < 4.78 is 7.26. The van der Waals surface area contributed by atoms with E-state index in [0.29, 0.717) is 19.0 Å². The lowest BCUT2D eigenvalue weighted by atomic mass is 9.96. The molecule has 0 fully saturated rings. The highest BCUT2D eigenvalue weighted by atomic mass is 16.3. The zero-order valence-electron chi connectivity index (χ0n) is 17.3. The number of hydrogen-bond donors (Lipinski definition) is 3. The third-order valence-electron chi connectivity index (χ3n) is 4.60. The first-order valence-corrected chi connectivity index (χ1v) is 9.65. The van der Waals surface area contributed by atoms with Crippen molar-refractivity contribution in [2.45, 2.75) is 39.8 Å². The molecule has 2 heterocycles. The number of aliphatic hydroxyl groups is 1. The van der Waals surface area contributed by atoms with Gasteiger partial charge in [0.2, 0.25) is 0 Å². The minimum Gasteiger partial charge on any atom is -0.466 e. The van der Waals surface area contributed by atoms with Crippen LogP contribution in [0.2, 0.25) is 0 Å². The van der Waals surface area contributed by atoms with Crippen LogP contribution in [-0.4, -0.2) is 38.9 Å². The topological polar surface area (TPSA) is 100 Å². The molecular formula is C21H28N6O2. The van der Waals surface area contributed by atoms with Gasteiger partial charge in [-0.05, 0) is 51.5 Å². The lowest BCUT2D eigenvalue weighted by Gasteiger charge is -2.24. The number of furan rings is 1. The highest BCUT2D eigenvalue weighted by Gasteiger charge is 2.27. The second-order valence-electron chi connectivity index (χ2n) is 7.16. The van der Waals surface area contributed by atoms with Crippen molar-refractivity contribution in [1.82, 2.24) is 25.4 Å². The molecular weight excluding hydrogens is 368 g/mol. The van der Waals surface area contributed by atoms with Crippen molar-refractivity contribution < 1.29 is 9.52 Å². The first-order valence-electron chi connectivity index (χ1n) is 9.65. The van der Waals surface area contributed by atoms with Crippen molar-refractivity contribution in [3.63, 3.8) is 0 Å². The van der Waals surface area contributed by atoms with E-state index in [0.717, 1.165) is 34.9 Å². The number of aromatic nitrogens is 3. The molecule has 3 rings (SSSR count). The van der Waals surface area contributed by atoms with Gasteiger partial charge in [0, 0.05) is 12.1 Å². The largest absolute Gasteiger partial charge is 0.466 e. The van der Waals surface area contributed by atoms with Gasteiger partial charge in [-0.25, -0.2) is 14.7 Å². The fourth-order valence-corrected chi connectivity index (χ4v) is 3.12. The summed E-state index contributed by atoms with van der Waals surface area (Å²) in [5.74, 6) is 2.15. The van der Waals surface area contributed by atoms with Crippen molar-refractivity contribution in [2.24, 2.45) is 4.99 Å². The zero-order chi connectivity index (χ0) is 20.9. The van der Waals surface area contributed by atoms with E-state index in [2.05, 4.69) is 25.7 Å². The molecule has 0 radical (unpaired) electrons. The molecule has 3 N–H and O–H groups in total. The highest BCUT2D eigenvalue weighted by Crippen LogP contribution is 2.26. The molecule has 0 aliphatic carbocycles. The highest BCUT2D eigenvalue weighted by molar-refractivity contribution is 5.79. The summed E-state index contributed by atoms with van der Waals surface area (Å²) in [5, 5.41) is 21.4. The molecule has 0 saturated heterocycles. The molecule has 154 valence electrons. The van der Waals surface area contributed by atoms with Crippen LogP contribution in [0.5, 0.6) is 0 Å². The third-order valence-corrected chi connectivity index (χ3v) is 4.60. The van der Waals surface area contributed by atoms with E-state index < -0.39 is 5.60 Å². The second kappa shape index (κ2) is 8.91. The SMILES string of the molecule is CCNC(=NCc1ccc(-n2cncn2)cc1)NCC(C)(O)c1cc(C)oc1C. The van der Waals surface area contributed by atoms with Gasteiger partial charge in [-0.1, -0.05) is 12.1 Å². The van der Waals surface area contributed by atoms with Gasteiger partial charge < -0.3 is 20.2 Å². The van der Waals surface area contributed by atoms with Gasteiger partial charge in [0.05, 0.1) is 18.8 Å². The van der Waals surface area contributed by atoms with Gasteiger partial charge in [0.25, 0.3) is 0 Å². The van der Waals surface area contributed by atoms with Crippen molar-refractivity contribution in [2.75, 3.05) is 13.1 Å². The molecule has 1 unspecified atom stereocenters. The Morgan fingerprint density at radius 2 is 2.00 bits per heavy atom. The van der Waals surface area contributed by atoms with E-state index in [4.69, 9.17) is 4.42 Å². The van der Waals surface area contributed by atoms with Crippen LogP contribution in [0.4, 0.5) is 0 Å². The Bertz CT molecular complexity index is 942. The molecule has 1 aromatic carbocycles. The van der Waals surface area contributed by atoms with E-state index in [9.17, 15) is 5.11 Å². The molecule has 0 aliphatic heterocycles. The number of aliphatic imine (C=N–C) groups is 1. The molecule has 0 amide bonds. The summed E-state index contributed by atoms with van der Waals surface area (Å²) in [5.41, 5.74) is 1.72. The Kier molecular flexibility index (Phi) is 6.33. The Hall–Kier alpha value is -3.13. The summed E-state index contributed by atoms with van der Waals surface area (Å²) >= 11 is 0. The predicted molar refractivity (Wildman–Crippen MR) is 112 cm³/mol. The summed E-state index contributed by atoms with van der Waals surface area (Å²) in [7, 11) is 0. The predicted octanol–water partition coefficient (Wildman–Crippen LogP) is 2.44. The summed E-state index contributed by atoms with van der Waals surface area (Å²) in [6, 6.07) is 9.86. The molecule has 3 aromatic rings. The number of rotatable bonds is 7. The van der Waals surface area contributed by atoms with E-state index in [1.54, 1.807) is 17.9 Å². The maximum Gasteiger partial charge on any atom is 0.191 e. The fraction of sp³-hybridized carbons (Fsp3) is 0.381. The van der Waals surface area contributed by atoms with Crippen LogP contribution in [0.3, 0.4) is 0 Å². The lowest BCUT2D eigenvalue weighted by Crippen LogP contribution is -2.44. The Morgan fingerprint density at radius 1 is 1.24 bits per heavy atom. The van der Waals surface area contributed by atoms with E-state index in [1.165, 1.54) is 6.33 Å². The van der Waals surface area contributed by atoms with Crippen LogP contribution in [0, 0.1) is 13.8 Å². The number of nitrogens with one attached hydrogen (secondary N) is 2. The quantitative estimate of drug-likeness (QED) is 0.419. The van der Waals surface area contributed by atoms with Crippen molar-refractivity contribution >= 4 is 5.96 Å². The molecule has 0 aliphatic rings. The fourth-order valence-electron chi connectivity index (χ4n) is 3.12. The molecule has 8 nitrogen and oxygen atoms in total. The molecule has 2 aromatic heterocycles. The number of hydrogen-bond acceptors (Lipinski definition) is 5. The standard InChI is InChI=1S/C21H28N6O2/c1-5-23-20(25-12-21(4,28)19-10-15(2)29-16(19)3)24-11-17-6-8-18(9-7-17)27-14-22-13-26-27/h6-10,13-14,28H,5,11-12H2,1-4H3,(H2,23,24,25). The lowest BCUT2D eigenvalue weighted by molar-refractivity contribution is 0.0601. The minimum absolute atomic E-state index is 0.309. The molecule has 8 heteroatoms. The van der Waals surface area contributed by atoms with Gasteiger partial charge in [0.1, 0.15) is 29.8 Å². The first-order chi connectivity index (χ1) is 13.9. The van der Waals surface area contributed by atoms with Gasteiger partial charge in [0.15, 0.2) is 5.96 Å². The van der Waals surface area contributed by atoms with E-state index >= 15 is 0 Å². The molecule has 0 bridgehead atoms. The Labute approximate surface area is 170 Å². The third kappa shape index (κ3) is 5.23. The van der Waals surface area contributed by atoms with Crippen LogP contribution in [-0.2, 0) is 12.1 Å². The normalized spacial score (nSPS) is 13.9. The van der Waals surface area contributed by atoms with Crippen LogP contribution in [0.1, 0.15) is 36.5 Å². The molecule has 29 heavy (non-hydrogen) atoms. The van der Waals surface area contributed by atoms with E-state index in [-0.39, 0.29) is 0 Å². The zero-order valence-corrected chi connectivity index (χ0v) is 17.3. The second-order valence-corrected chi connectivity index (χ2v) is 7.16. The Morgan fingerprint density at radius 3 is 2.59 bits per heavy atom. The van der Waals surface area contributed by atoms with Crippen LogP contribution in [0.25, 0.3) is 5.69 Å². The average Bonchev–Trinajstić information content (AvgIpc) is 3.34. The molecule has 0 spiro atoms. The summed E-state index contributed by atoms with van der Waals surface area (Å²) in [6.45, 7) is 9.06. The molecule has 0 saturated carbocycles. The van der Waals surface area contributed by atoms with E-state index in [1.807, 2.05) is 51.1 Å². The van der Waals surface area contributed by atoms with Crippen LogP contribution in [0.15, 0.2) is 52.4 Å². The smallest absolute Gasteiger partial charge is 0.191 e. The number of guanidine groups is 1. The monoisotopic (exact) mass is 396 g/mol.